The minimum atomic E-state index is -0.327. The molecule has 0 aliphatic heterocycles. The second kappa shape index (κ2) is 5.14. The third-order valence-electron chi connectivity index (χ3n) is 3.01. The van der Waals surface area contributed by atoms with Gasteiger partial charge in [-0.2, -0.15) is 0 Å². The molecular formula is C14H18N4O. The summed E-state index contributed by atoms with van der Waals surface area (Å²) in [5.74, 6) is 0.00526. The van der Waals surface area contributed by atoms with Crippen molar-refractivity contribution >= 4 is 28.2 Å². The molecule has 1 heterocycles. The van der Waals surface area contributed by atoms with Crippen molar-refractivity contribution < 1.29 is 4.79 Å². The van der Waals surface area contributed by atoms with Crippen LogP contribution in [0.15, 0.2) is 30.5 Å². The third-order valence-corrected chi connectivity index (χ3v) is 3.01. The lowest BCUT2D eigenvalue weighted by Gasteiger charge is -2.20. The molecule has 1 aromatic heterocycles. The molecule has 0 saturated carbocycles. The summed E-state index contributed by atoms with van der Waals surface area (Å²) >= 11 is 0. The number of anilines is 2. The maximum atomic E-state index is 11.8. The topological polar surface area (TPSA) is 71.2 Å². The molecular weight excluding hydrogens is 240 g/mol. The largest absolute Gasteiger partial charge is 0.397 e. The monoisotopic (exact) mass is 258 g/mol. The molecule has 0 aliphatic carbocycles. The lowest BCUT2D eigenvalue weighted by molar-refractivity contribution is -0.129. The van der Waals surface area contributed by atoms with Crippen LogP contribution in [0.3, 0.4) is 0 Å². The Hall–Kier alpha value is -2.30. The number of amides is 1. The van der Waals surface area contributed by atoms with Crippen LogP contribution >= 0.6 is 0 Å². The molecule has 2 aromatic rings. The predicted octanol–water partition coefficient (Wildman–Crippen LogP) is 1.71. The Bertz CT molecular complexity index is 609. The van der Waals surface area contributed by atoms with Gasteiger partial charge in [0, 0.05) is 25.7 Å². The molecule has 0 bridgehead atoms. The van der Waals surface area contributed by atoms with Crippen molar-refractivity contribution in [2.45, 2.75) is 13.0 Å². The molecule has 1 aromatic carbocycles. The fourth-order valence-electron chi connectivity index (χ4n) is 1.98. The van der Waals surface area contributed by atoms with Gasteiger partial charge in [-0.25, -0.2) is 0 Å². The number of carbonyl (C=O) groups is 1. The fourth-order valence-corrected chi connectivity index (χ4v) is 1.98. The number of aromatic nitrogens is 1. The number of fused-ring (bicyclic) bond motifs is 1. The lowest BCUT2D eigenvalue weighted by atomic mass is 10.1. The van der Waals surface area contributed by atoms with Gasteiger partial charge in [0.1, 0.15) is 6.04 Å². The van der Waals surface area contributed by atoms with Crippen LogP contribution in [0.1, 0.15) is 6.92 Å². The highest BCUT2D eigenvalue weighted by Crippen LogP contribution is 2.27. The van der Waals surface area contributed by atoms with Crippen molar-refractivity contribution in [2.24, 2.45) is 0 Å². The lowest BCUT2D eigenvalue weighted by Crippen LogP contribution is -2.36. The quantitative estimate of drug-likeness (QED) is 0.822. The summed E-state index contributed by atoms with van der Waals surface area (Å²) < 4.78 is 0. The van der Waals surface area contributed by atoms with Crippen molar-refractivity contribution in [3.8, 4) is 0 Å². The molecule has 0 saturated heterocycles. The van der Waals surface area contributed by atoms with Crippen LogP contribution in [-0.4, -0.2) is 35.9 Å². The second-order valence-electron chi connectivity index (χ2n) is 4.70. The zero-order valence-corrected chi connectivity index (χ0v) is 11.3. The number of nitrogens with one attached hydrogen (secondary N) is 1. The van der Waals surface area contributed by atoms with Gasteiger partial charge in [-0.1, -0.05) is 0 Å². The van der Waals surface area contributed by atoms with Gasteiger partial charge in [0.05, 0.1) is 16.9 Å². The number of rotatable bonds is 3. The van der Waals surface area contributed by atoms with Crippen LogP contribution < -0.4 is 11.1 Å². The number of nitrogens with two attached hydrogens (primary N) is 1. The zero-order chi connectivity index (χ0) is 14.0. The molecule has 0 aliphatic rings. The Morgan fingerprint density at radius 3 is 2.79 bits per heavy atom. The fraction of sp³-hybridized carbons (Fsp3) is 0.286. The highest BCUT2D eigenvalue weighted by atomic mass is 16.2. The van der Waals surface area contributed by atoms with E-state index in [1.165, 1.54) is 0 Å². The summed E-state index contributed by atoms with van der Waals surface area (Å²) in [6, 6.07) is 7.18. The SMILES string of the molecule is CC(Nc1ccc2ncccc2c1N)C(=O)N(C)C. The van der Waals surface area contributed by atoms with Crippen LogP contribution in [0.4, 0.5) is 11.4 Å². The van der Waals surface area contributed by atoms with Crippen LogP contribution in [-0.2, 0) is 4.79 Å². The van der Waals surface area contributed by atoms with E-state index in [9.17, 15) is 4.79 Å². The Labute approximate surface area is 112 Å². The molecule has 100 valence electrons. The standard InChI is InChI=1S/C14H18N4O/c1-9(14(19)18(2)3)17-12-7-6-11-10(13(12)15)5-4-8-16-11/h4-9,17H,15H2,1-3H3. The average Bonchev–Trinajstić information content (AvgIpc) is 2.41. The summed E-state index contributed by atoms with van der Waals surface area (Å²) in [4.78, 5) is 17.6. The number of pyridine rings is 1. The molecule has 3 N–H and O–H groups in total. The van der Waals surface area contributed by atoms with Gasteiger partial charge in [0.15, 0.2) is 0 Å². The predicted molar refractivity (Wildman–Crippen MR) is 77.9 cm³/mol. The Morgan fingerprint density at radius 1 is 1.37 bits per heavy atom. The van der Waals surface area contributed by atoms with Crippen molar-refractivity contribution in [1.82, 2.24) is 9.88 Å². The minimum Gasteiger partial charge on any atom is -0.397 e. The summed E-state index contributed by atoms with van der Waals surface area (Å²) in [5, 5.41) is 4.03. The maximum Gasteiger partial charge on any atom is 0.244 e. The Morgan fingerprint density at radius 2 is 2.11 bits per heavy atom. The summed E-state index contributed by atoms with van der Waals surface area (Å²) in [6.07, 6.45) is 1.73. The minimum absolute atomic E-state index is 0.00526. The van der Waals surface area contributed by atoms with E-state index in [4.69, 9.17) is 5.73 Å². The normalized spacial score (nSPS) is 12.2. The first-order valence-corrected chi connectivity index (χ1v) is 6.11. The van der Waals surface area contributed by atoms with E-state index >= 15 is 0 Å². The van der Waals surface area contributed by atoms with E-state index in [2.05, 4.69) is 10.3 Å². The van der Waals surface area contributed by atoms with Crippen LogP contribution in [0, 0.1) is 0 Å². The van der Waals surface area contributed by atoms with Gasteiger partial charge in [-0.05, 0) is 31.2 Å². The molecule has 0 fully saturated rings. The van der Waals surface area contributed by atoms with Crippen molar-refractivity contribution in [2.75, 3.05) is 25.1 Å². The van der Waals surface area contributed by atoms with E-state index in [-0.39, 0.29) is 11.9 Å². The number of likely N-dealkylation sites (N-methyl/N-ethyl adjacent to an activating group) is 1. The highest BCUT2D eigenvalue weighted by Gasteiger charge is 2.16. The highest BCUT2D eigenvalue weighted by molar-refractivity contribution is 5.97. The first-order chi connectivity index (χ1) is 9.00. The first kappa shape index (κ1) is 13.1. The van der Waals surface area contributed by atoms with Gasteiger partial charge >= 0.3 is 0 Å². The molecule has 2 rings (SSSR count). The zero-order valence-electron chi connectivity index (χ0n) is 11.3. The molecule has 5 heteroatoms. The molecule has 5 nitrogen and oxygen atoms in total. The van der Waals surface area contributed by atoms with Crippen LogP contribution in [0.25, 0.3) is 10.9 Å². The average molecular weight is 258 g/mol. The Kier molecular flexibility index (Phi) is 3.55. The van der Waals surface area contributed by atoms with Crippen molar-refractivity contribution in [3.05, 3.63) is 30.5 Å². The molecule has 1 unspecified atom stereocenters. The number of nitrogen functional groups attached to an aromatic ring is 1. The third kappa shape index (κ3) is 2.59. The number of nitrogens with zero attached hydrogens (tertiary/aromatic N) is 2. The van der Waals surface area contributed by atoms with E-state index in [1.54, 1.807) is 25.2 Å². The maximum absolute atomic E-state index is 11.8. The number of hydrogen-bond donors (Lipinski definition) is 2. The molecule has 1 atom stereocenters. The van der Waals surface area contributed by atoms with Gasteiger partial charge in [-0.3, -0.25) is 9.78 Å². The molecule has 1 amide bonds. The summed E-state index contributed by atoms with van der Waals surface area (Å²) in [7, 11) is 3.46. The van der Waals surface area contributed by atoms with E-state index in [0.29, 0.717) is 5.69 Å². The van der Waals surface area contributed by atoms with Crippen LogP contribution in [0.5, 0.6) is 0 Å². The van der Waals surface area contributed by atoms with Gasteiger partial charge in [0.25, 0.3) is 0 Å². The Balaban J connectivity index is 2.31. The summed E-state index contributed by atoms with van der Waals surface area (Å²) in [5.41, 5.74) is 8.33. The number of benzene rings is 1. The van der Waals surface area contributed by atoms with Gasteiger partial charge in [0.2, 0.25) is 5.91 Å². The van der Waals surface area contributed by atoms with E-state index in [1.807, 2.05) is 31.2 Å². The van der Waals surface area contributed by atoms with E-state index < -0.39 is 0 Å². The molecule has 19 heavy (non-hydrogen) atoms. The molecule has 0 radical (unpaired) electrons. The smallest absolute Gasteiger partial charge is 0.244 e. The van der Waals surface area contributed by atoms with Crippen molar-refractivity contribution in [1.29, 1.82) is 0 Å². The summed E-state index contributed by atoms with van der Waals surface area (Å²) in [6.45, 7) is 1.81. The number of carbonyl (C=O) groups excluding carboxylic acids is 1. The van der Waals surface area contributed by atoms with E-state index in [0.717, 1.165) is 16.6 Å². The number of hydrogen-bond acceptors (Lipinski definition) is 4. The van der Waals surface area contributed by atoms with Crippen molar-refractivity contribution in [3.63, 3.8) is 0 Å². The second-order valence-corrected chi connectivity index (χ2v) is 4.70. The van der Waals surface area contributed by atoms with Crippen LogP contribution in [0.2, 0.25) is 0 Å². The molecule has 0 spiro atoms. The van der Waals surface area contributed by atoms with Gasteiger partial charge < -0.3 is 16.0 Å². The first-order valence-electron chi connectivity index (χ1n) is 6.11. The van der Waals surface area contributed by atoms with Gasteiger partial charge in [-0.15, -0.1) is 0 Å².